The second-order valence-electron chi connectivity index (χ2n) is 2.60. The SMILES string of the molecule is OB(O)c1cc(OC(F)(F)F)ccc1Br. The third kappa shape index (κ3) is 3.73. The summed E-state index contributed by atoms with van der Waals surface area (Å²) in [4.78, 5) is 0. The molecule has 0 aliphatic carbocycles. The van der Waals surface area contributed by atoms with Crippen LogP contribution in [0.25, 0.3) is 0 Å². The number of hydrogen-bond acceptors (Lipinski definition) is 3. The van der Waals surface area contributed by atoms with Crippen LogP contribution in [-0.2, 0) is 0 Å². The first-order valence-corrected chi connectivity index (χ1v) is 4.50. The summed E-state index contributed by atoms with van der Waals surface area (Å²) in [7, 11) is -1.86. The first-order chi connectivity index (χ1) is 6.79. The average molecular weight is 285 g/mol. The zero-order valence-corrected chi connectivity index (χ0v) is 8.71. The number of alkyl halides is 3. The minimum atomic E-state index is -4.80. The van der Waals surface area contributed by atoms with E-state index < -0.39 is 19.2 Å². The Hall–Kier alpha value is -0.725. The smallest absolute Gasteiger partial charge is 0.423 e. The highest BCUT2D eigenvalue weighted by Gasteiger charge is 2.31. The molecule has 0 bridgehead atoms. The largest absolute Gasteiger partial charge is 0.573 e. The third-order valence-corrected chi connectivity index (χ3v) is 2.20. The second kappa shape index (κ2) is 4.42. The normalized spacial score (nSPS) is 11.3. The molecule has 2 N–H and O–H groups in total. The van der Waals surface area contributed by atoms with Gasteiger partial charge in [0.1, 0.15) is 5.75 Å². The molecule has 15 heavy (non-hydrogen) atoms. The van der Waals surface area contributed by atoms with E-state index in [1.54, 1.807) is 0 Å². The molecular weight excluding hydrogens is 280 g/mol. The van der Waals surface area contributed by atoms with E-state index >= 15 is 0 Å². The number of ether oxygens (including phenoxy) is 1. The van der Waals surface area contributed by atoms with E-state index in [0.717, 1.165) is 12.1 Å². The van der Waals surface area contributed by atoms with Gasteiger partial charge in [-0.3, -0.25) is 0 Å². The molecule has 0 amide bonds. The summed E-state index contributed by atoms with van der Waals surface area (Å²) in [5.74, 6) is -0.506. The topological polar surface area (TPSA) is 49.7 Å². The molecule has 8 heteroatoms. The van der Waals surface area contributed by atoms with Crippen LogP contribution in [0.5, 0.6) is 5.75 Å². The lowest BCUT2D eigenvalue weighted by Gasteiger charge is -2.10. The highest BCUT2D eigenvalue weighted by atomic mass is 79.9. The van der Waals surface area contributed by atoms with Crippen LogP contribution in [0.1, 0.15) is 0 Å². The summed E-state index contributed by atoms with van der Waals surface area (Å²) in [5, 5.41) is 17.6. The van der Waals surface area contributed by atoms with Crippen LogP contribution in [0.2, 0.25) is 0 Å². The molecule has 82 valence electrons. The minimum absolute atomic E-state index is 0.100. The Bertz CT molecular complexity index is 356. The molecule has 0 radical (unpaired) electrons. The van der Waals surface area contributed by atoms with Gasteiger partial charge in [0.25, 0.3) is 0 Å². The zero-order chi connectivity index (χ0) is 11.6. The molecule has 0 unspecified atom stereocenters. The Morgan fingerprint density at radius 2 is 1.87 bits per heavy atom. The van der Waals surface area contributed by atoms with Gasteiger partial charge in [0.2, 0.25) is 0 Å². The number of hydrogen-bond donors (Lipinski definition) is 2. The van der Waals surface area contributed by atoms with Gasteiger partial charge in [0.05, 0.1) is 0 Å². The second-order valence-corrected chi connectivity index (χ2v) is 3.46. The van der Waals surface area contributed by atoms with E-state index in [1.165, 1.54) is 6.07 Å². The molecule has 1 aromatic rings. The van der Waals surface area contributed by atoms with Gasteiger partial charge in [0.15, 0.2) is 0 Å². The van der Waals surface area contributed by atoms with Crippen molar-refractivity contribution in [3.63, 3.8) is 0 Å². The average Bonchev–Trinajstić information content (AvgIpc) is 2.05. The van der Waals surface area contributed by atoms with Crippen molar-refractivity contribution in [2.24, 2.45) is 0 Å². The number of rotatable bonds is 2. The number of halogens is 4. The van der Waals surface area contributed by atoms with Crippen molar-refractivity contribution in [3.05, 3.63) is 22.7 Å². The van der Waals surface area contributed by atoms with Crippen LogP contribution in [0, 0.1) is 0 Å². The molecule has 0 aromatic heterocycles. The highest BCUT2D eigenvalue weighted by Crippen LogP contribution is 2.23. The van der Waals surface area contributed by atoms with Gasteiger partial charge in [-0.2, -0.15) is 0 Å². The standard InChI is InChI=1S/C7H5BBrF3O3/c9-6-2-1-4(15-7(10,11)12)3-5(6)8(13)14/h1-3,13-14H. The summed E-state index contributed by atoms with van der Waals surface area (Å²) in [6.07, 6.45) is -4.80. The molecule has 1 rings (SSSR count). The van der Waals surface area contributed by atoms with Crippen LogP contribution in [0.15, 0.2) is 22.7 Å². The fourth-order valence-corrected chi connectivity index (χ4v) is 1.37. The lowest BCUT2D eigenvalue weighted by molar-refractivity contribution is -0.274. The first-order valence-electron chi connectivity index (χ1n) is 3.71. The van der Waals surface area contributed by atoms with Gasteiger partial charge in [-0.15, -0.1) is 13.2 Å². The van der Waals surface area contributed by atoms with E-state index in [9.17, 15) is 13.2 Å². The van der Waals surface area contributed by atoms with E-state index in [4.69, 9.17) is 10.0 Å². The molecule has 0 aliphatic heterocycles. The van der Waals surface area contributed by atoms with Gasteiger partial charge in [-0.1, -0.05) is 15.9 Å². The van der Waals surface area contributed by atoms with E-state index in [1.807, 2.05) is 0 Å². The monoisotopic (exact) mass is 284 g/mol. The Kier molecular flexibility index (Phi) is 3.64. The summed E-state index contributed by atoms with van der Waals surface area (Å²) < 4.78 is 39.3. The molecule has 0 atom stereocenters. The van der Waals surface area contributed by atoms with Crippen molar-refractivity contribution in [1.82, 2.24) is 0 Å². The van der Waals surface area contributed by atoms with Crippen LogP contribution in [-0.4, -0.2) is 23.5 Å². The summed E-state index contributed by atoms with van der Waals surface area (Å²) in [6, 6.07) is 3.18. The van der Waals surface area contributed by atoms with Crippen molar-refractivity contribution < 1.29 is 28.0 Å². The van der Waals surface area contributed by atoms with Gasteiger partial charge in [-0.25, -0.2) is 0 Å². The quantitative estimate of drug-likeness (QED) is 0.798. The van der Waals surface area contributed by atoms with Crippen molar-refractivity contribution in [2.75, 3.05) is 0 Å². The first kappa shape index (κ1) is 12.3. The Labute approximate surface area is 91.8 Å². The molecule has 0 aliphatic rings. The molecule has 0 saturated carbocycles. The van der Waals surface area contributed by atoms with Gasteiger partial charge < -0.3 is 14.8 Å². The predicted octanol–water partition coefficient (Wildman–Crippen LogP) is 1.03. The van der Waals surface area contributed by atoms with Crippen molar-refractivity contribution >= 4 is 28.5 Å². The molecule has 0 saturated heterocycles. The Morgan fingerprint density at radius 1 is 1.27 bits per heavy atom. The Morgan fingerprint density at radius 3 is 2.33 bits per heavy atom. The van der Waals surface area contributed by atoms with Gasteiger partial charge in [0, 0.05) is 4.47 Å². The lowest BCUT2D eigenvalue weighted by atomic mass is 9.80. The van der Waals surface area contributed by atoms with Crippen LogP contribution >= 0.6 is 15.9 Å². The summed E-state index contributed by atoms with van der Waals surface area (Å²) in [6.45, 7) is 0. The molecule has 0 heterocycles. The lowest BCUT2D eigenvalue weighted by Crippen LogP contribution is -2.31. The molecular formula is C7H5BBrF3O3. The maximum absolute atomic E-state index is 11.8. The van der Waals surface area contributed by atoms with Crippen molar-refractivity contribution in [3.8, 4) is 5.75 Å². The summed E-state index contributed by atoms with van der Waals surface area (Å²) in [5.41, 5.74) is -0.100. The van der Waals surface area contributed by atoms with Crippen molar-refractivity contribution in [1.29, 1.82) is 0 Å². The van der Waals surface area contributed by atoms with Crippen LogP contribution < -0.4 is 10.2 Å². The predicted molar refractivity (Wildman–Crippen MR) is 50.7 cm³/mol. The Balaban J connectivity index is 2.98. The zero-order valence-electron chi connectivity index (χ0n) is 7.12. The molecule has 1 aromatic carbocycles. The van der Waals surface area contributed by atoms with E-state index in [2.05, 4.69) is 20.7 Å². The maximum atomic E-state index is 11.8. The van der Waals surface area contributed by atoms with Gasteiger partial charge >= 0.3 is 13.5 Å². The van der Waals surface area contributed by atoms with E-state index in [-0.39, 0.29) is 9.94 Å². The molecule has 0 spiro atoms. The van der Waals surface area contributed by atoms with Crippen LogP contribution in [0.3, 0.4) is 0 Å². The number of benzene rings is 1. The fraction of sp³-hybridized carbons (Fsp3) is 0.143. The third-order valence-electron chi connectivity index (χ3n) is 1.48. The van der Waals surface area contributed by atoms with Crippen molar-refractivity contribution in [2.45, 2.75) is 6.36 Å². The molecule has 0 fully saturated rings. The highest BCUT2D eigenvalue weighted by molar-refractivity contribution is 9.10. The van der Waals surface area contributed by atoms with E-state index in [0.29, 0.717) is 0 Å². The van der Waals surface area contributed by atoms with Gasteiger partial charge in [-0.05, 0) is 23.7 Å². The summed E-state index contributed by atoms with van der Waals surface area (Å²) >= 11 is 2.95. The molecule has 3 nitrogen and oxygen atoms in total. The van der Waals surface area contributed by atoms with Crippen LogP contribution in [0.4, 0.5) is 13.2 Å². The maximum Gasteiger partial charge on any atom is 0.573 e. The minimum Gasteiger partial charge on any atom is -0.423 e. The fourth-order valence-electron chi connectivity index (χ4n) is 0.917.